The van der Waals surface area contributed by atoms with Crippen molar-refractivity contribution >= 4 is 11.9 Å². The molecule has 6 heteroatoms. The van der Waals surface area contributed by atoms with Crippen LogP contribution in [0.25, 0.3) is 0 Å². The molecule has 136 valence electrons. The number of carbonyl (C=O) groups excluding carboxylic acids is 2. The zero-order chi connectivity index (χ0) is 17.6. The topological polar surface area (TPSA) is 79.5 Å². The number of rotatable bonds is 6. The fourth-order valence-corrected chi connectivity index (χ4v) is 3.32. The van der Waals surface area contributed by atoms with E-state index in [9.17, 15) is 9.59 Å². The van der Waals surface area contributed by atoms with Gasteiger partial charge in [-0.15, -0.1) is 0 Å². The van der Waals surface area contributed by atoms with Crippen molar-refractivity contribution in [3.05, 3.63) is 35.4 Å². The van der Waals surface area contributed by atoms with E-state index in [1.54, 1.807) is 13.1 Å². The third kappa shape index (κ3) is 5.19. The van der Waals surface area contributed by atoms with Gasteiger partial charge < -0.3 is 20.7 Å². The average Bonchev–Trinajstić information content (AvgIpc) is 3.47. The monoisotopic (exact) mass is 345 g/mol. The second-order valence-electron chi connectivity index (χ2n) is 6.90. The summed E-state index contributed by atoms with van der Waals surface area (Å²) in [6.45, 7) is 1.27. The molecule has 1 aromatic rings. The first kappa shape index (κ1) is 17.7. The first-order valence-electron chi connectivity index (χ1n) is 9.12. The predicted molar refractivity (Wildman–Crippen MR) is 95.6 cm³/mol. The molecule has 0 radical (unpaired) electrons. The smallest absolute Gasteiger partial charge is 0.315 e. The highest BCUT2D eigenvalue weighted by atomic mass is 16.5. The molecule has 0 aromatic heterocycles. The summed E-state index contributed by atoms with van der Waals surface area (Å²) in [7, 11) is 1.62. The summed E-state index contributed by atoms with van der Waals surface area (Å²) in [4.78, 5) is 23.7. The largest absolute Gasteiger partial charge is 0.378 e. The van der Waals surface area contributed by atoms with Crippen LogP contribution in [0.4, 0.5) is 4.79 Å². The maximum Gasteiger partial charge on any atom is 0.315 e. The Morgan fingerprint density at radius 2 is 2.08 bits per heavy atom. The second-order valence-corrected chi connectivity index (χ2v) is 6.90. The Balaban J connectivity index is 1.39. The lowest BCUT2D eigenvalue weighted by molar-refractivity contribution is -0.00913. The maximum absolute atomic E-state index is 12.1. The predicted octanol–water partition coefficient (Wildman–Crippen LogP) is 1.85. The number of ether oxygens (including phenoxy) is 1. The molecule has 25 heavy (non-hydrogen) atoms. The van der Waals surface area contributed by atoms with E-state index >= 15 is 0 Å². The molecule has 3 rings (SSSR count). The highest BCUT2D eigenvalue weighted by molar-refractivity contribution is 5.94. The first-order chi connectivity index (χ1) is 12.2. The van der Waals surface area contributed by atoms with Crippen molar-refractivity contribution < 1.29 is 14.3 Å². The highest BCUT2D eigenvalue weighted by Crippen LogP contribution is 2.38. The SMILES string of the molecule is CNC(=O)c1cccc(CCNC(=O)N[C@@H]2CCO[C@H](C3CC3)C2)c1. The van der Waals surface area contributed by atoms with E-state index in [1.807, 2.05) is 18.2 Å². The van der Waals surface area contributed by atoms with E-state index in [0.717, 1.165) is 25.0 Å². The highest BCUT2D eigenvalue weighted by Gasteiger charge is 2.36. The summed E-state index contributed by atoms with van der Waals surface area (Å²) < 4.78 is 5.79. The molecule has 0 bridgehead atoms. The van der Waals surface area contributed by atoms with Crippen molar-refractivity contribution in [2.45, 2.75) is 44.2 Å². The van der Waals surface area contributed by atoms with Crippen molar-refractivity contribution in [2.75, 3.05) is 20.2 Å². The van der Waals surface area contributed by atoms with Crippen molar-refractivity contribution in [1.29, 1.82) is 0 Å². The molecule has 6 nitrogen and oxygen atoms in total. The third-order valence-corrected chi connectivity index (χ3v) is 4.91. The van der Waals surface area contributed by atoms with Crippen molar-refractivity contribution in [3.63, 3.8) is 0 Å². The molecule has 3 amide bonds. The van der Waals surface area contributed by atoms with Gasteiger partial charge in [-0.3, -0.25) is 4.79 Å². The molecule has 1 saturated carbocycles. The van der Waals surface area contributed by atoms with Gasteiger partial charge in [-0.1, -0.05) is 12.1 Å². The van der Waals surface area contributed by atoms with Crippen LogP contribution in [-0.4, -0.2) is 44.3 Å². The third-order valence-electron chi connectivity index (χ3n) is 4.91. The van der Waals surface area contributed by atoms with E-state index in [1.165, 1.54) is 12.8 Å². The summed E-state index contributed by atoms with van der Waals surface area (Å²) in [6.07, 6.45) is 5.34. The zero-order valence-electron chi connectivity index (χ0n) is 14.7. The van der Waals surface area contributed by atoms with Crippen LogP contribution in [0.3, 0.4) is 0 Å². The number of carbonyl (C=O) groups is 2. The Morgan fingerprint density at radius 1 is 1.24 bits per heavy atom. The van der Waals surface area contributed by atoms with Gasteiger partial charge in [-0.05, 0) is 55.7 Å². The second kappa shape index (κ2) is 8.34. The van der Waals surface area contributed by atoms with Gasteiger partial charge in [0.25, 0.3) is 5.91 Å². The molecule has 2 atom stereocenters. The quantitative estimate of drug-likeness (QED) is 0.736. The molecule has 1 heterocycles. The summed E-state index contributed by atoms with van der Waals surface area (Å²) in [5.41, 5.74) is 1.67. The van der Waals surface area contributed by atoms with Crippen LogP contribution in [0.2, 0.25) is 0 Å². The van der Waals surface area contributed by atoms with E-state index in [2.05, 4.69) is 16.0 Å². The number of hydrogen-bond donors (Lipinski definition) is 3. The molecule has 1 aliphatic carbocycles. The van der Waals surface area contributed by atoms with Crippen LogP contribution < -0.4 is 16.0 Å². The van der Waals surface area contributed by atoms with Gasteiger partial charge >= 0.3 is 6.03 Å². The number of benzene rings is 1. The number of hydrogen-bond acceptors (Lipinski definition) is 3. The van der Waals surface area contributed by atoms with Gasteiger partial charge in [0.2, 0.25) is 0 Å². The van der Waals surface area contributed by atoms with E-state index < -0.39 is 0 Å². The van der Waals surface area contributed by atoms with Gasteiger partial charge in [0.1, 0.15) is 0 Å². The van der Waals surface area contributed by atoms with E-state index in [4.69, 9.17) is 4.74 Å². The summed E-state index contributed by atoms with van der Waals surface area (Å²) >= 11 is 0. The standard InChI is InChI=1S/C19H27N3O3/c1-20-18(23)15-4-2-3-13(11-15)7-9-21-19(24)22-16-8-10-25-17(12-16)14-5-6-14/h2-4,11,14,16-17H,5-10,12H2,1H3,(H,20,23)(H2,21,22,24)/t16-,17+/m1/s1. The molecule has 1 aromatic carbocycles. The molecule has 0 unspecified atom stereocenters. The van der Waals surface area contributed by atoms with Crippen LogP contribution in [0.5, 0.6) is 0 Å². The van der Waals surface area contributed by atoms with Crippen molar-refractivity contribution in [3.8, 4) is 0 Å². The molecule has 1 aliphatic heterocycles. The Bertz CT molecular complexity index is 616. The summed E-state index contributed by atoms with van der Waals surface area (Å²) in [5.74, 6) is 0.609. The van der Waals surface area contributed by atoms with Crippen LogP contribution in [-0.2, 0) is 11.2 Å². The van der Waals surface area contributed by atoms with Gasteiger partial charge in [0, 0.05) is 31.8 Å². The summed E-state index contributed by atoms with van der Waals surface area (Å²) in [6, 6.07) is 7.55. The Kier molecular flexibility index (Phi) is 5.91. The molecule has 2 fully saturated rings. The molecule has 3 N–H and O–H groups in total. The number of nitrogens with one attached hydrogen (secondary N) is 3. The normalized spacial score (nSPS) is 22.9. The molecular weight excluding hydrogens is 318 g/mol. The minimum atomic E-state index is -0.121. The van der Waals surface area contributed by atoms with Gasteiger partial charge in [-0.2, -0.15) is 0 Å². The molecule has 0 spiro atoms. The summed E-state index contributed by atoms with van der Waals surface area (Å²) in [5, 5.41) is 8.59. The Hall–Kier alpha value is -2.08. The molecular formula is C19H27N3O3. The lowest BCUT2D eigenvalue weighted by Crippen LogP contribution is -2.47. The fourth-order valence-electron chi connectivity index (χ4n) is 3.32. The van der Waals surface area contributed by atoms with Gasteiger partial charge in [0.15, 0.2) is 0 Å². The zero-order valence-corrected chi connectivity index (χ0v) is 14.7. The van der Waals surface area contributed by atoms with Crippen molar-refractivity contribution in [2.24, 2.45) is 5.92 Å². The van der Waals surface area contributed by atoms with Gasteiger partial charge in [0.05, 0.1) is 6.10 Å². The number of urea groups is 1. The van der Waals surface area contributed by atoms with Crippen LogP contribution in [0.1, 0.15) is 41.6 Å². The lowest BCUT2D eigenvalue weighted by Gasteiger charge is -2.30. The lowest BCUT2D eigenvalue weighted by atomic mass is 10.0. The van der Waals surface area contributed by atoms with Gasteiger partial charge in [-0.25, -0.2) is 4.79 Å². The minimum Gasteiger partial charge on any atom is -0.378 e. The van der Waals surface area contributed by atoms with Crippen LogP contribution in [0, 0.1) is 5.92 Å². The van der Waals surface area contributed by atoms with E-state index in [0.29, 0.717) is 30.6 Å². The van der Waals surface area contributed by atoms with Crippen LogP contribution >= 0.6 is 0 Å². The van der Waals surface area contributed by atoms with Crippen molar-refractivity contribution in [1.82, 2.24) is 16.0 Å². The average molecular weight is 345 g/mol. The maximum atomic E-state index is 12.1. The van der Waals surface area contributed by atoms with E-state index in [-0.39, 0.29) is 18.0 Å². The molecule has 2 aliphatic rings. The Labute approximate surface area is 148 Å². The number of amides is 3. The Morgan fingerprint density at radius 3 is 2.84 bits per heavy atom. The minimum absolute atomic E-state index is 0.0997. The first-order valence-corrected chi connectivity index (χ1v) is 9.12. The molecule has 1 saturated heterocycles. The fraction of sp³-hybridized carbons (Fsp3) is 0.579. The van der Waals surface area contributed by atoms with Crippen LogP contribution in [0.15, 0.2) is 24.3 Å².